The molecule has 0 aliphatic heterocycles. The minimum Gasteiger partial charge on any atom is -0.455 e. The fourth-order valence-electron chi connectivity index (χ4n) is 1.50. The summed E-state index contributed by atoms with van der Waals surface area (Å²) in [7, 11) is 0. The molecule has 0 radical (unpaired) electrons. The maximum absolute atomic E-state index is 13.0. The predicted octanol–water partition coefficient (Wildman–Crippen LogP) is 4.21. The molecule has 0 atom stereocenters. The number of benzene rings is 2. The van der Waals surface area contributed by atoms with Gasteiger partial charge >= 0.3 is 0 Å². The number of nitrogens with zero attached hydrogens (tertiary/aromatic N) is 1. The molecule has 0 N–H and O–H groups in total. The zero-order valence-corrected chi connectivity index (χ0v) is 10.5. The first-order chi connectivity index (χ1) is 8.74. The summed E-state index contributed by atoms with van der Waals surface area (Å²) in [6, 6.07) is 13.3. The summed E-state index contributed by atoms with van der Waals surface area (Å²) in [6.07, 6.45) is 1.94. The lowest BCUT2D eigenvalue weighted by Gasteiger charge is -2.10. The molecule has 0 bridgehead atoms. The summed E-state index contributed by atoms with van der Waals surface area (Å²) in [5.74, 6) is 0.575. The molecule has 2 aromatic rings. The third kappa shape index (κ3) is 2.63. The molecule has 90 valence electrons. The molecule has 2 aromatic carbocycles. The summed E-state index contributed by atoms with van der Waals surface area (Å²) in [5.41, 5.74) is 0.186. The molecule has 2 rings (SSSR count). The number of ether oxygens (including phenoxy) is 1. The normalized spacial score (nSPS) is 9.83. The topological polar surface area (TPSA) is 33.0 Å². The molecule has 0 amide bonds. The van der Waals surface area contributed by atoms with Crippen molar-refractivity contribution in [2.24, 2.45) is 0 Å². The van der Waals surface area contributed by atoms with Gasteiger partial charge < -0.3 is 4.74 Å². The van der Waals surface area contributed by atoms with Crippen molar-refractivity contribution in [3.8, 4) is 17.6 Å². The van der Waals surface area contributed by atoms with Gasteiger partial charge in [-0.3, -0.25) is 0 Å². The Morgan fingerprint density at radius 2 is 1.94 bits per heavy atom. The van der Waals surface area contributed by atoms with E-state index < -0.39 is 5.82 Å². The predicted molar refractivity (Wildman–Crippen MR) is 69.4 cm³/mol. The maximum Gasteiger partial charge on any atom is 0.145 e. The van der Waals surface area contributed by atoms with Gasteiger partial charge in [0.2, 0.25) is 0 Å². The number of hydrogen-bond donors (Lipinski definition) is 0. The number of halogens is 1. The standard InChI is InChI=1S/C14H10FNOS/c1-18-14-5-3-2-4-13(14)17-12-7-6-11(15)8-10(12)9-16/h2-8H,1H3. The Bertz CT molecular complexity index is 607. The second-order valence-corrected chi connectivity index (χ2v) is 4.35. The van der Waals surface area contributed by atoms with Gasteiger partial charge in [-0.25, -0.2) is 4.39 Å². The van der Waals surface area contributed by atoms with Crippen molar-refractivity contribution in [3.63, 3.8) is 0 Å². The van der Waals surface area contributed by atoms with Crippen LogP contribution in [0, 0.1) is 17.1 Å². The van der Waals surface area contributed by atoms with E-state index in [0.717, 1.165) is 11.0 Å². The Hall–Kier alpha value is -1.99. The highest BCUT2D eigenvalue weighted by atomic mass is 32.2. The Morgan fingerprint density at radius 3 is 2.67 bits per heavy atom. The number of nitriles is 1. The molecule has 0 heterocycles. The Balaban J connectivity index is 2.37. The Kier molecular flexibility index (Phi) is 3.85. The van der Waals surface area contributed by atoms with E-state index in [0.29, 0.717) is 11.5 Å². The number of rotatable bonds is 3. The van der Waals surface area contributed by atoms with Gasteiger partial charge in [-0.05, 0) is 36.6 Å². The smallest absolute Gasteiger partial charge is 0.145 e. The van der Waals surface area contributed by atoms with Gasteiger partial charge in [0.05, 0.1) is 5.56 Å². The van der Waals surface area contributed by atoms with Crippen LogP contribution in [0.5, 0.6) is 11.5 Å². The fraction of sp³-hybridized carbons (Fsp3) is 0.0714. The van der Waals surface area contributed by atoms with Crippen molar-refractivity contribution in [1.29, 1.82) is 5.26 Å². The van der Waals surface area contributed by atoms with E-state index in [2.05, 4.69) is 0 Å². The number of para-hydroxylation sites is 1. The van der Waals surface area contributed by atoms with Gasteiger partial charge in [-0.2, -0.15) is 5.26 Å². The summed E-state index contributed by atoms with van der Waals surface area (Å²) < 4.78 is 18.7. The lowest BCUT2D eigenvalue weighted by Crippen LogP contribution is -1.90. The van der Waals surface area contributed by atoms with Crippen molar-refractivity contribution in [3.05, 3.63) is 53.8 Å². The molecule has 0 fully saturated rings. The molecule has 18 heavy (non-hydrogen) atoms. The van der Waals surface area contributed by atoms with E-state index in [1.807, 2.05) is 36.6 Å². The Labute approximate surface area is 109 Å². The second kappa shape index (κ2) is 5.56. The number of thioether (sulfide) groups is 1. The third-order valence-corrected chi connectivity index (χ3v) is 3.13. The van der Waals surface area contributed by atoms with E-state index in [1.54, 1.807) is 11.8 Å². The molecule has 0 spiro atoms. The van der Waals surface area contributed by atoms with Crippen molar-refractivity contribution < 1.29 is 9.13 Å². The maximum atomic E-state index is 13.0. The van der Waals surface area contributed by atoms with Crippen LogP contribution >= 0.6 is 11.8 Å². The number of hydrogen-bond acceptors (Lipinski definition) is 3. The first-order valence-electron chi connectivity index (χ1n) is 5.25. The lowest BCUT2D eigenvalue weighted by atomic mass is 10.2. The van der Waals surface area contributed by atoms with E-state index in [1.165, 1.54) is 12.1 Å². The average Bonchev–Trinajstić information content (AvgIpc) is 2.41. The SMILES string of the molecule is CSc1ccccc1Oc1ccc(F)cc1C#N. The van der Waals surface area contributed by atoms with Crippen LogP contribution in [0.25, 0.3) is 0 Å². The first kappa shape index (κ1) is 12.5. The second-order valence-electron chi connectivity index (χ2n) is 3.51. The highest BCUT2D eigenvalue weighted by Crippen LogP contribution is 2.32. The Morgan fingerprint density at radius 1 is 1.17 bits per heavy atom. The molecular weight excluding hydrogens is 249 g/mol. The monoisotopic (exact) mass is 259 g/mol. The molecule has 0 unspecified atom stereocenters. The fourth-order valence-corrected chi connectivity index (χ4v) is 2.03. The van der Waals surface area contributed by atoms with Crippen molar-refractivity contribution in [2.45, 2.75) is 4.90 Å². The average molecular weight is 259 g/mol. The van der Waals surface area contributed by atoms with Gasteiger partial charge in [0.15, 0.2) is 0 Å². The highest BCUT2D eigenvalue weighted by Gasteiger charge is 2.08. The third-order valence-electron chi connectivity index (χ3n) is 2.35. The van der Waals surface area contributed by atoms with Crippen LogP contribution in [-0.2, 0) is 0 Å². The van der Waals surface area contributed by atoms with Gasteiger partial charge in [0.1, 0.15) is 23.4 Å². The molecule has 4 heteroatoms. The van der Waals surface area contributed by atoms with Gasteiger partial charge in [0.25, 0.3) is 0 Å². The molecule has 0 aromatic heterocycles. The minimum atomic E-state index is -0.447. The lowest BCUT2D eigenvalue weighted by molar-refractivity contribution is 0.467. The van der Waals surface area contributed by atoms with E-state index in [9.17, 15) is 4.39 Å². The van der Waals surface area contributed by atoms with Crippen LogP contribution in [0.4, 0.5) is 4.39 Å². The van der Waals surface area contributed by atoms with E-state index >= 15 is 0 Å². The molecule has 2 nitrogen and oxygen atoms in total. The van der Waals surface area contributed by atoms with Crippen LogP contribution < -0.4 is 4.74 Å². The molecular formula is C14H10FNOS. The molecule has 0 saturated heterocycles. The van der Waals surface area contributed by atoms with Crippen molar-refractivity contribution >= 4 is 11.8 Å². The van der Waals surface area contributed by atoms with Crippen LogP contribution in [0.15, 0.2) is 47.4 Å². The van der Waals surface area contributed by atoms with Crippen LogP contribution in [0.3, 0.4) is 0 Å². The van der Waals surface area contributed by atoms with Gasteiger partial charge in [-0.1, -0.05) is 12.1 Å². The zero-order valence-electron chi connectivity index (χ0n) is 9.68. The van der Waals surface area contributed by atoms with Crippen molar-refractivity contribution in [1.82, 2.24) is 0 Å². The summed E-state index contributed by atoms with van der Waals surface area (Å²) in [4.78, 5) is 0.964. The zero-order chi connectivity index (χ0) is 13.0. The van der Waals surface area contributed by atoms with Crippen LogP contribution in [0.2, 0.25) is 0 Å². The van der Waals surface area contributed by atoms with Gasteiger partial charge in [-0.15, -0.1) is 11.8 Å². The van der Waals surface area contributed by atoms with E-state index in [4.69, 9.17) is 10.00 Å². The summed E-state index contributed by atoms with van der Waals surface area (Å²) >= 11 is 1.55. The van der Waals surface area contributed by atoms with Crippen LogP contribution in [-0.4, -0.2) is 6.26 Å². The molecule has 0 aliphatic carbocycles. The largest absolute Gasteiger partial charge is 0.455 e. The quantitative estimate of drug-likeness (QED) is 0.774. The van der Waals surface area contributed by atoms with Crippen LogP contribution in [0.1, 0.15) is 5.56 Å². The summed E-state index contributed by atoms with van der Waals surface area (Å²) in [5, 5.41) is 8.95. The van der Waals surface area contributed by atoms with Crippen molar-refractivity contribution in [2.75, 3.05) is 6.26 Å². The molecule has 0 aliphatic rings. The van der Waals surface area contributed by atoms with E-state index in [-0.39, 0.29) is 5.56 Å². The van der Waals surface area contributed by atoms with Gasteiger partial charge in [0, 0.05) is 4.90 Å². The summed E-state index contributed by atoms with van der Waals surface area (Å²) in [6.45, 7) is 0. The highest BCUT2D eigenvalue weighted by molar-refractivity contribution is 7.98. The minimum absolute atomic E-state index is 0.186. The molecule has 0 saturated carbocycles. The first-order valence-corrected chi connectivity index (χ1v) is 6.47.